The summed E-state index contributed by atoms with van der Waals surface area (Å²) in [6.45, 7) is -0.0815. The van der Waals surface area contributed by atoms with Crippen molar-refractivity contribution >= 4 is 5.91 Å². The molecule has 0 aromatic carbocycles. The minimum absolute atomic E-state index is 0.145. The Hall–Kier alpha value is -0.750. The van der Waals surface area contributed by atoms with Crippen LogP contribution in [0.25, 0.3) is 0 Å². The molecule has 0 heterocycles. The van der Waals surface area contributed by atoms with E-state index in [1.807, 2.05) is 0 Å². The molecule has 6 heteroatoms. The zero-order valence-corrected chi connectivity index (χ0v) is 9.74. The Kier molecular flexibility index (Phi) is 5.27. The quantitative estimate of drug-likeness (QED) is 0.753. The summed E-state index contributed by atoms with van der Waals surface area (Å²) in [5.74, 6) is -3.27. The molecule has 0 aromatic heterocycles. The van der Waals surface area contributed by atoms with E-state index < -0.39 is 11.8 Å². The molecule has 1 amide bonds. The SMILES string of the molecule is O=C(C1CCC(F)(F)CC1)N(CCO)CCO. The number of hydrogen-bond donors (Lipinski definition) is 2. The second-order valence-corrected chi connectivity index (χ2v) is 4.40. The zero-order valence-electron chi connectivity index (χ0n) is 9.74. The van der Waals surface area contributed by atoms with E-state index in [4.69, 9.17) is 10.2 Å². The molecule has 0 atom stereocenters. The molecule has 1 rings (SSSR count). The lowest BCUT2D eigenvalue weighted by Crippen LogP contribution is -2.42. The van der Waals surface area contributed by atoms with E-state index in [-0.39, 0.29) is 57.9 Å². The fourth-order valence-corrected chi connectivity index (χ4v) is 2.12. The van der Waals surface area contributed by atoms with Crippen molar-refractivity contribution < 1.29 is 23.8 Å². The highest BCUT2D eigenvalue weighted by Crippen LogP contribution is 2.36. The molecular weight excluding hydrogens is 232 g/mol. The van der Waals surface area contributed by atoms with Crippen molar-refractivity contribution in [2.75, 3.05) is 26.3 Å². The number of carbonyl (C=O) groups excluding carboxylic acids is 1. The van der Waals surface area contributed by atoms with E-state index >= 15 is 0 Å². The first-order chi connectivity index (χ1) is 8.00. The average Bonchev–Trinajstić information content (AvgIpc) is 2.28. The van der Waals surface area contributed by atoms with E-state index in [0.717, 1.165) is 0 Å². The van der Waals surface area contributed by atoms with Gasteiger partial charge in [0.1, 0.15) is 0 Å². The van der Waals surface area contributed by atoms with Crippen molar-refractivity contribution in [2.24, 2.45) is 5.92 Å². The van der Waals surface area contributed by atoms with Gasteiger partial charge in [-0.3, -0.25) is 4.79 Å². The molecule has 0 unspecified atom stereocenters. The smallest absolute Gasteiger partial charge is 0.248 e. The fourth-order valence-electron chi connectivity index (χ4n) is 2.12. The number of amides is 1. The standard InChI is InChI=1S/C11H19F2NO3/c12-11(13)3-1-9(2-4-11)10(17)14(5-7-15)6-8-16/h9,15-16H,1-8H2. The van der Waals surface area contributed by atoms with Gasteiger partial charge in [-0.25, -0.2) is 8.78 Å². The van der Waals surface area contributed by atoms with Crippen LogP contribution in [0.2, 0.25) is 0 Å². The van der Waals surface area contributed by atoms with Crippen molar-refractivity contribution in [1.29, 1.82) is 0 Å². The second-order valence-electron chi connectivity index (χ2n) is 4.40. The summed E-state index contributed by atoms with van der Waals surface area (Å²) in [6, 6.07) is 0. The number of aliphatic hydroxyl groups is 2. The third-order valence-corrected chi connectivity index (χ3v) is 3.12. The number of aliphatic hydroxyl groups excluding tert-OH is 2. The highest BCUT2D eigenvalue weighted by Gasteiger charge is 2.38. The van der Waals surface area contributed by atoms with Gasteiger partial charge in [0.15, 0.2) is 0 Å². The molecule has 17 heavy (non-hydrogen) atoms. The first kappa shape index (κ1) is 14.3. The van der Waals surface area contributed by atoms with Crippen LogP contribution in [-0.4, -0.2) is 53.2 Å². The van der Waals surface area contributed by atoms with Gasteiger partial charge in [-0.1, -0.05) is 0 Å². The van der Waals surface area contributed by atoms with Gasteiger partial charge in [-0.05, 0) is 12.8 Å². The molecule has 0 bridgehead atoms. The van der Waals surface area contributed by atoms with Crippen molar-refractivity contribution in [1.82, 2.24) is 4.90 Å². The number of carbonyl (C=O) groups is 1. The number of alkyl halides is 2. The van der Waals surface area contributed by atoms with Gasteiger partial charge < -0.3 is 15.1 Å². The van der Waals surface area contributed by atoms with Gasteiger partial charge in [-0.2, -0.15) is 0 Å². The minimum Gasteiger partial charge on any atom is -0.395 e. The highest BCUT2D eigenvalue weighted by atomic mass is 19.3. The maximum absolute atomic E-state index is 12.9. The van der Waals surface area contributed by atoms with Gasteiger partial charge in [0, 0.05) is 31.8 Å². The predicted molar refractivity (Wildman–Crippen MR) is 57.7 cm³/mol. The summed E-state index contributed by atoms with van der Waals surface area (Å²) in [4.78, 5) is 13.3. The Balaban J connectivity index is 2.51. The van der Waals surface area contributed by atoms with Gasteiger partial charge in [0.25, 0.3) is 0 Å². The summed E-state index contributed by atoms with van der Waals surface area (Å²) >= 11 is 0. The third kappa shape index (κ3) is 4.20. The first-order valence-corrected chi connectivity index (χ1v) is 5.88. The molecular formula is C11H19F2NO3. The molecule has 1 aliphatic carbocycles. The molecule has 0 radical (unpaired) electrons. The Morgan fingerprint density at radius 2 is 1.65 bits per heavy atom. The van der Waals surface area contributed by atoms with E-state index in [1.54, 1.807) is 0 Å². The Labute approximate surface area is 99.2 Å². The molecule has 1 saturated carbocycles. The molecule has 0 aliphatic heterocycles. The number of hydrogen-bond acceptors (Lipinski definition) is 3. The van der Waals surface area contributed by atoms with Crippen LogP contribution in [0.3, 0.4) is 0 Å². The lowest BCUT2D eigenvalue weighted by molar-refractivity contribution is -0.140. The summed E-state index contributed by atoms with van der Waals surface area (Å²) in [5.41, 5.74) is 0. The normalized spacial score (nSPS) is 20.2. The Morgan fingerprint density at radius 1 is 1.18 bits per heavy atom. The average molecular weight is 251 g/mol. The molecule has 0 spiro atoms. The summed E-state index contributed by atoms with van der Waals surface area (Å²) in [6.07, 6.45) is -0.149. The van der Waals surface area contributed by atoms with Crippen LogP contribution < -0.4 is 0 Å². The fraction of sp³-hybridized carbons (Fsp3) is 0.909. The molecule has 1 aliphatic rings. The van der Waals surface area contributed by atoms with Crippen LogP contribution in [0.15, 0.2) is 0 Å². The van der Waals surface area contributed by atoms with Crippen LogP contribution in [0.4, 0.5) is 8.78 Å². The largest absolute Gasteiger partial charge is 0.395 e. The molecule has 2 N–H and O–H groups in total. The second kappa shape index (κ2) is 6.26. The zero-order chi connectivity index (χ0) is 12.9. The third-order valence-electron chi connectivity index (χ3n) is 3.12. The van der Waals surface area contributed by atoms with Crippen LogP contribution in [0.5, 0.6) is 0 Å². The van der Waals surface area contributed by atoms with Gasteiger partial charge in [0.2, 0.25) is 11.8 Å². The molecule has 100 valence electrons. The van der Waals surface area contributed by atoms with Gasteiger partial charge in [0.05, 0.1) is 13.2 Å². The molecule has 0 saturated heterocycles. The monoisotopic (exact) mass is 251 g/mol. The highest BCUT2D eigenvalue weighted by molar-refractivity contribution is 5.79. The summed E-state index contributed by atoms with van der Waals surface area (Å²) in [7, 11) is 0. The van der Waals surface area contributed by atoms with Gasteiger partial charge in [-0.15, -0.1) is 0 Å². The van der Waals surface area contributed by atoms with Crippen LogP contribution in [0.1, 0.15) is 25.7 Å². The number of halogens is 2. The number of nitrogens with zero attached hydrogens (tertiary/aromatic N) is 1. The van der Waals surface area contributed by atoms with Crippen molar-refractivity contribution in [2.45, 2.75) is 31.6 Å². The van der Waals surface area contributed by atoms with E-state index in [9.17, 15) is 13.6 Å². The van der Waals surface area contributed by atoms with Crippen LogP contribution in [0, 0.1) is 5.92 Å². The van der Waals surface area contributed by atoms with Crippen molar-refractivity contribution in [3.8, 4) is 0 Å². The van der Waals surface area contributed by atoms with Crippen molar-refractivity contribution in [3.05, 3.63) is 0 Å². The van der Waals surface area contributed by atoms with Crippen LogP contribution in [-0.2, 0) is 4.79 Å². The molecule has 1 fully saturated rings. The topological polar surface area (TPSA) is 60.8 Å². The predicted octanol–water partition coefficient (Wildman–Crippen LogP) is 0.625. The van der Waals surface area contributed by atoms with E-state index in [1.165, 1.54) is 4.90 Å². The minimum atomic E-state index is -2.64. The molecule has 0 aromatic rings. The first-order valence-electron chi connectivity index (χ1n) is 5.88. The lowest BCUT2D eigenvalue weighted by Gasteiger charge is -2.31. The Morgan fingerprint density at radius 3 is 2.06 bits per heavy atom. The lowest BCUT2D eigenvalue weighted by atomic mass is 9.86. The van der Waals surface area contributed by atoms with Crippen LogP contribution >= 0.6 is 0 Å². The van der Waals surface area contributed by atoms with E-state index in [2.05, 4.69) is 0 Å². The summed E-state index contributed by atoms with van der Waals surface area (Å²) in [5, 5.41) is 17.6. The molecule has 4 nitrogen and oxygen atoms in total. The van der Waals surface area contributed by atoms with E-state index in [0.29, 0.717) is 0 Å². The maximum atomic E-state index is 12.9. The Bertz CT molecular complexity index is 245. The van der Waals surface area contributed by atoms with Crippen molar-refractivity contribution in [3.63, 3.8) is 0 Å². The maximum Gasteiger partial charge on any atom is 0.248 e. The summed E-state index contributed by atoms with van der Waals surface area (Å²) < 4.78 is 25.9. The number of rotatable bonds is 5. The van der Waals surface area contributed by atoms with Gasteiger partial charge >= 0.3 is 0 Å².